The molecule has 18 heavy (non-hydrogen) atoms. The normalized spacial score (nSPS) is 23.1. The van der Waals surface area contributed by atoms with E-state index in [-0.39, 0.29) is 29.0 Å². The molecule has 1 aliphatic heterocycles. The SMILES string of the molecule is [B]c1cc(NC(=O)[C@H]2CCNC2C)cc(F)c1F. The maximum absolute atomic E-state index is 13.1. The molecule has 2 N–H and O–H groups in total. The molecular formula is C12H13BF2N2O. The molecule has 2 atom stereocenters. The third-order valence-corrected chi connectivity index (χ3v) is 3.19. The molecule has 1 heterocycles. The minimum absolute atomic E-state index is 0.0765. The van der Waals surface area contributed by atoms with E-state index in [4.69, 9.17) is 7.85 Å². The molecule has 1 saturated heterocycles. The summed E-state index contributed by atoms with van der Waals surface area (Å²) in [7, 11) is 5.30. The van der Waals surface area contributed by atoms with Gasteiger partial charge in [-0.25, -0.2) is 8.78 Å². The van der Waals surface area contributed by atoms with Crippen LogP contribution < -0.4 is 16.1 Å². The molecule has 94 valence electrons. The van der Waals surface area contributed by atoms with Crippen molar-refractivity contribution in [2.24, 2.45) is 5.92 Å². The first-order valence-electron chi connectivity index (χ1n) is 5.78. The van der Waals surface area contributed by atoms with Crippen molar-refractivity contribution < 1.29 is 13.6 Å². The molecule has 1 amide bonds. The third-order valence-electron chi connectivity index (χ3n) is 3.19. The van der Waals surface area contributed by atoms with Gasteiger partial charge < -0.3 is 10.6 Å². The number of halogens is 2. The third kappa shape index (κ3) is 2.53. The van der Waals surface area contributed by atoms with E-state index in [1.54, 1.807) is 0 Å². The van der Waals surface area contributed by atoms with Crippen molar-refractivity contribution >= 4 is 24.9 Å². The first-order valence-corrected chi connectivity index (χ1v) is 5.78. The second kappa shape index (κ2) is 5.06. The minimum Gasteiger partial charge on any atom is -0.326 e. The van der Waals surface area contributed by atoms with Gasteiger partial charge in [-0.05, 0) is 26.0 Å². The summed E-state index contributed by atoms with van der Waals surface area (Å²) in [6.45, 7) is 2.69. The fraction of sp³-hybridized carbons (Fsp3) is 0.417. The summed E-state index contributed by atoms with van der Waals surface area (Å²) < 4.78 is 26.1. The Morgan fingerprint density at radius 1 is 1.50 bits per heavy atom. The fourth-order valence-electron chi connectivity index (χ4n) is 2.13. The number of hydrogen-bond acceptors (Lipinski definition) is 2. The Morgan fingerprint density at radius 2 is 2.22 bits per heavy atom. The lowest BCUT2D eigenvalue weighted by atomic mass is 9.94. The highest BCUT2D eigenvalue weighted by molar-refractivity contribution is 6.32. The molecule has 0 spiro atoms. The maximum Gasteiger partial charge on any atom is 0.229 e. The molecule has 0 saturated carbocycles. The second-order valence-corrected chi connectivity index (χ2v) is 4.49. The van der Waals surface area contributed by atoms with E-state index in [0.29, 0.717) is 0 Å². The topological polar surface area (TPSA) is 41.1 Å². The van der Waals surface area contributed by atoms with E-state index in [1.807, 2.05) is 6.92 Å². The Bertz CT molecular complexity index is 458. The Labute approximate surface area is 105 Å². The molecular weight excluding hydrogens is 237 g/mol. The van der Waals surface area contributed by atoms with Crippen LogP contribution in [0.1, 0.15) is 13.3 Å². The Morgan fingerprint density at radius 3 is 2.78 bits per heavy atom. The number of carbonyl (C=O) groups excluding carboxylic acids is 1. The van der Waals surface area contributed by atoms with Crippen LogP contribution in [0.5, 0.6) is 0 Å². The molecule has 1 aromatic carbocycles. The Balaban J connectivity index is 2.12. The van der Waals surface area contributed by atoms with E-state index in [9.17, 15) is 13.6 Å². The molecule has 2 rings (SSSR count). The van der Waals surface area contributed by atoms with Gasteiger partial charge in [-0.1, -0.05) is 5.46 Å². The van der Waals surface area contributed by atoms with Gasteiger partial charge in [-0.15, -0.1) is 0 Å². The highest BCUT2D eigenvalue weighted by atomic mass is 19.2. The summed E-state index contributed by atoms with van der Waals surface area (Å²) in [5, 5.41) is 5.71. The van der Waals surface area contributed by atoms with Gasteiger partial charge in [0.2, 0.25) is 5.91 Å². The first-order chi connectivity index (χ1) is 8.49. The maximum atomic E-state index is 13.1. The fourth-order valence-corrected chi connectivity index (χ4v) is 2.13. The Kier molecular flexibility index (Phi) is 3.66. The van der Waals surface area contributed by atoms with Gasteiger partial charge in [0.1, 0.15) is 7.85 Å². The summed E-state index contributed by atoms with van der Waals surface area (Å²) in [5.74, 6) is -2.54. The highest BCUT2D eigenvalue weighted by Crippen LogP contribution is 2.18. The molecule has 0 bridgehead atoms. The predicted octanol–water partition coefficient (Wildman–Crippen LogP) is 0.695. The monoisotopic (exact) mass is 250 g/mol. The van der Waals surface area contributed by atoms with Gasteiger partial charge >= 0.3 is 0 Å². The number of rotatable bonds is 2. The number of anilines is 1. The van der Waals surface area contributed by atoms with E-state index in [1.165, 1.54) is 6.07 Å². The smallest absolute Gasteiger partial charge is 0.229 e. The number of carbonyl (C=O) groups is 1. The number of hydrogen-bond donors (Lipinski definition) is 2. The standard InChI is InChI=1S/C12H13BF2N2O/c1-6-8(2-3-16-6)12(18)17-7-4-9(13)11(15)10(14)5-7/h4-6,8,16H,2-3H2,1H3,(H,17,18)/t6?,8-/m0/s1. The van der Waals surface area contributed by atoms with Crippen molar-refractivity contribution in [1.82, 2.24) is 5.32 Å². The Hall–Kier alpha value is -1.43. The van der Waals surface area contributed by atoms with Gasteiger partial charge in [0.15, 0.2) is 11.6 Å². The molecule has 1 aromatic rings. The van der Waals surface area contributed by atoms with Gasteiger partial charge in [0.05, 0.1) is 5.92 Å². The molecule has 0 aliphatic carbocycles. The summed E-state index contributed by atoms with van der Waals surface area (Å²) in [6.07, 6.45) is 0.728. The van der Waals surface area contributed by atoms with Crippen molar-refractivity contribution in [2.75, 3.05) is 11.9 Å². The number of amides is 1. The quantitative estimate of drug-likeness (QED) is 0.758. The lowest BCUT2D eigenvalue weighted by Gasteiger charge is -2.15. The number of nitrogens with one attached hydrogen (secondary N) is 2. The van der Waals surface area contributed by atoms with Crippen molar-refractivity contribution in [1.29, 1.82) is 0 Å². The summed E-state index contributed by atoms with van der Waals surface area (Å²) >= 11 is 0. The molecule has 1 unspecified atom stereocenters. The van der Waals surface area contributed by atoms with Crippen LogP contribution in [0.15, 0.2) is 12.1 Å². The molecule has 1 aliphatic rings. The van der Waals surface area contributed by atoms with Gasteiger partial charge in [0, 0.05) is 17.8 Å². The lowest BCUT2D eigenvalue weighted by molar-refractivity contribution is -0.119. The predicted molar refractivity (Wildman–Crippen MR) is 65.9 cm³/mol. The summed E-state index contributed by atoms with van der Waals surface area (Å²) in [6, 6.07) is 2.22. The first kappa shape index (κ1) is 13.0. The van der Waals surface area contributed by atoms with E-state index in [2.05, 4.69) is 10.6 Å². The number of benzene rings is 1. The molecule has 3 nitrogen and oxygen atoms in total. The average Bonchev–Trinajstić information content (AvgIpc) is 2.72. The van der Waals surface area contributed by atoms with Gasteiger partial charge in [-0.2, -0.15) is 0 Å². The van der Waals surface area contributed by atoms with Crippen LogP contribution >= 0.6 is 0 Å². The average molecular weight is 250 g/mol. The van der Waals surface area contributed by atoms with Crippen molar-refractivity contribution in [3.8, 4) is 0 Å². The molecule has 0 aromatic heterocycles. The summed E-state index contributed by atoms with van der Waals surface area (Å²) in [4.78, 5) is 11.9. The van der Waals surface area contributed by atoms with Crippen LogP contribution in [0.3, 0.4) is 0 Å². The molecule has 2 radical (unpaired) electrons. The summed E-state index contributed by atoms with van der Waals surface area (Å²) in [5.41, 5.74) is -0.140. The zero-order valence-corrected chi connectivity index (χ0v) is 9.97. The highest BCUT2D eigenvalue weighted by Gasteiger charge is 2.29. The molecule has 1 fully saturated rings. The van der Waals surface area contributed by atoms with Gasteiger partial charge in [0.25, 0.3) is 0 Å². The van der Waals surface area contributed by atoms with Crippen LogP contribution in [0, 0.1) is 17.6 Å². The second-order valence-electron chi connectivity index (χ2n) is 4.49. The zero-order chi connectivity index (χ0) is 13.3. The van der Waals surface area contributed by atoms with Crippen LogP contribution in [-0.4, -0.2) is 26.3 Å². The largest absolute Gasteiger partial charge is 0.326 e. The van der Waals surface area contributed by atoms with E-state index >= 15 is 0 Å². The molecule has 6 heteroatoms. The van der Waals surface area contributed by atoms with E-state index in [0.717, 1.165) is 19.0 Å². The van der Waals surface area contributed by atoms with Crippen LogP contribution in [0.25, 0.3) is 0 Å². The lowest BCUT2D eigenvalue weighted by Crippen LogP contribution is -2.32. The van der Waals surface area contributed by atoms with Crippen LogP contribution in [0.2, 0.25) is 0 Å². The van der Waals surface area contributed by atoms with Crippen LogP contribution in [-0.2, 0) is 4.79 Å². The van der Waals surface area contributed by atoms with Crippen molar-refractivity contribution in [2.45, 2.75) is 19.4 Å². The van der Waals surface area contributed by atoms with Crippen molar-refractivity contribution in [3.05, 3.63) is 23.8 Å². The van der Waals surface area contributed by atoms with Crippen LogP contribution in [0.4, 0.5) is 14.5 Å². The van der Waals surface area contributed by atoms with Crippen molar-refractivity contribution in [3.63, 3.8) is 0 Å². The van der Waals surface area contributed by atoms with E-state index < -0.39 is 11.6 Å². The minimum atomic E-state index is -1.09. The zero-order valence-electron chi connectivity index (χ0n) is 9.97. The van der Waals surface area contributed by atoms with Gasteiger partial charge in [-0.3, -0.25) is 4.79 Å².